The van der Waals surface area contributed by atoms with E-state index in [1.165, 1.54) is 19.1 Å². The van der Waals surface area contributed by atoms with Crippen LogP contribution in [0.4, 0.5) is 0 Å². The lowest BCUT2D eigenvalue weighted by Crippen LogP contribution is -2.17. The van der Waals surface area contributed by atoms with Crippen molar-refractivity contribution in [3.05, 3.63) is 0 Å². The van der Waals surface area contributed by atoms with Crippen LogP contribution >= 0.6 is 0 Å². The number of aliphatic imine (C=N–C) groups is 1. The Balaban J connectivity index is 2.32. The Hall–Kier alpha value is -1.37. The van der Waals surface area contributed by atoms with Gasteiger partial charge in [0.1, 0.15) is 0 Å². The number of esters is 1. The van der Waals surface area contributed by atoms with Crippen molar-refractivity contribution in [2.24, 2.45) is 16.8 Å². The number of carbonyl (C=O) groups excluding carboxylic acids is 1. The minimum atomic E-state index is -0.839. The average molecular weight is 194 g/mol. The molecule has 0 N–H and O–H groups in total. The van der Waals surface area contributed by atoms with Crippen LogP contribution in [0.2, 0.25) is 0 Å². The lowest BCUT2D eigenvalue weighted by molar-refractivity contribution is -0.143. The van der Waals surface area contributed by atoms with Crippen LogP contribution in [0.3, 0.4) is 0 Å². The quantitative estimate of drug-likeness (QED) is 0.487. The molecule has 0 aromatic rings. The SMILES string of the molecule is CCOC(=O)[C@@H](C#N)C=NCC1CC1. The van der Waals surface area contributed by atoms with Gasteiger partial charge in [-0.25, -0.2) is 0 Å². The first kappa shape index (κ1) is 10.7. The van der Waals surface area contributed by atoms with Gasteiger partial charge in [0.25, 0.3) is 0 Å². The third kappa shape index (κ3) is 3.56. The summed E-state index contributed by atoms with van der Waals surface area (Å²) >= 11 is 0. The highest BCUT2D eigenvalue weighted by Gasteiger charge is 2.21. The molecule has 0 aliphatic heterocycles. The van der Waals surface area contributed by atoms with E-state index in [0.717, 1.165) is 6.54 Å². The number of nitrogens with zero attached hydrogens (tertiary/aromatic N) is 2. The number of hydrogen-bond acceptors (Lipinski definition) is 4. The monoisotopic (exact) mass is 194 g/mol. The van der Waals surface area contributed by atoms with Gasteiger partial charge >= 0.3 is 5.97 Å². The lowest BCUT2D eigenvalue weighted by Gasteiger charge is -2.02. The summed E-state index contributed by atoms with van der Waals surface area (Å²) in [5.74, 6) is -0.670. The van der Waals surface area contributed by atoms with Gasteiger partial charge in [-0.1, -0.05) is 0 Å². The highest BCUT2D eigenvalue weighted by molar-refractivity contribution is 5.92. The minimum absolute atomic E-state index is 0.299. The summed E-state index contributed by atoms with van der Waals surface area (Å²) in [7, 11) is 0. The van der Waals surface area contributed by atoms with Crippen molar-refractivity contribution in [3.8, 4) is 6.07 Å². The molecule has 0 aromatic heterocycles. The number of ether oxygens (including phenoxy) is 1. The van der Waals surface area contributed by atoms with Gasteiger partial charge in [-0.3, -0.25) is 9.79 Å². The summed E-state index contributed by atoms with van der Waals surface area (Å²) in [5.41, 5.74) is 0. The van der Waals surface area contributed by atoms with E-state index in [1.54, 1.807) is 6.92 Å². The van der Waals surface area contributed by atoms with Crippen molar-refractivity contribution in [3.63, 3.8) is 0 Å². The van der Waals surface area contributed by atoms with E-state index in [4.69, 9.17) is 10.00 Å². The van der Waals surface area contributed by atoms with Gasteiger partial charge in [-0.2, -0.15) is 5.26 Å². The first-order valence-electron chi connectivity index (χ1n) is 4.84. The van der Waals surface area contributed by atoms with Crippen LogP contribution in [-0.4, -0.2) is 25.3 Å². The lowest BCUT2D eigenvalue weighted by atomic mass is 10.2. The molecular weight excluding hydrogens is 180 g/mol. The van der Waals surface area contributed by atoms with E-state index in [0.29, 0.717) is 12.5 Å². The third-order valence-corrected chi connectivity index (χ3v) is 1.99. The molecule has 0 heterocycles. The zero-order chi connectivity index (χ0) is 10.4. The maximum absolute atomic E-state index is 11.1. The van der Waals surface area contributed by atoms with Gasteiger partial charge in [-0.05, 0) is 25.7 Å². The standard InChI is InChI=1S/C10H14N2O2/c1-2-14-10(13)9(5-11)7-12-6-8-3-4-8/h7-9H,2-4,6H2,1H3/t9-/m0/s1. The molecule has 14 heavy (non-hydrogen) atoms. The first-order valence-corrected chi connectivity index (χ1v) is 4.84. The van der Waals surface area contributed by atoms with E-state index in [1.807, 2.05) is 6.07 Å². The maximum atomic E-state index is 11.1. The van der Waals surface area contributed by atoms with Crippen LogP contribution in [-0.2, 0) is 9.53 Å². The van der Waals surface area contributed by atoms with E-state index < -0.39 is 11.9 Å². The molecule has 0 bridgehead atoms. The van der Waals surface area contributed by atoms with Crippen molar-refractivity contribution < 1.29 is 9.53 Å². The predicted molar refractivity (Wildman–Crippen MR) is 51.8 cm³/mol. The van der Waals surface area contributed by atoms with Gasteiger partial charge in [0.15, 0.2) is 5.92 Å². The zero-order valence-electron chi connectivity index (χ0n) is 8.27. The van der Waals surface area contributed by atoms with Crippen LogP contribution in [0.5, 0.6) is 0 Å². The predicted octanol–water partition coefficient (Wildman–Crippen LogP) is 1.17. The van der Waals surface area contributed by atoms with Crippen molar-refractivity contribution in [2.75, 3.05) is 13.2 Å². The normalized spacial score (nSPS) is 17.7. The summed E-state index contributed by atoms with van der Waals surface area (Å²) in [5, 5.41) is 8.66. The minimum Gasteiger partial charge on any atom is -0.465 e. The molecule has 1 rings (SSSR count). The van der Waals surface area contributed by atoms with Crippen molar-refractivity contribution in [1.29, 1.82) is 5.26 Å². The molecule has 0 saturated heterocycles. The number of nitriles is 1. The molecule has 1 atom stereocenters. The maximum Gasteiger partial charge on any atom is 0.328 e. The largest absolute Gasteiger partial charge is 0.465 e. The van der Waals surface area contributed by atoms with Crippen molar-refractivity contribution in [2.45, 2.75) is 19.8 Å². The molecule has 4 nitrogen and oxygen atoms in total. The van der Waals surface area contributed by atoms with Crippen molar-refractivity contribution >= 4 is 12.2 Å². The van der Waals surface area contributed by atoms with E-state index in [9.17, 15) is 4.79 Å². The summed E-state index contributed by atoms with van der Waals surface area (Å²) in [4.78, 5) is 15.2. The Bertz CT molecular complexity index is 264. The van der Waals surface area contributed by atoms with Gasteiger partial charge in [-0.15, -0.1) is 0 Å². The Labute approximate surface area is 83.6 Å². The van der Waals surface area contributed by atoms with E-state index in [2.05, 4.69) is 4.99 Å². The van der Waals surface area contributed by atoms with Gasteiger partial charge < -0.3 is 4.74 Å². The first-order chi connectivity index (χ1) is 6.77. The zero-order valence-corrected chi connectivity index (χ0v) is 8.27. The van der Waals surface area contributed by atoms with E-state index in [-0.39, 0.29) is 0 Å². The molecule has 76 valence electrons. The second-order valence-corrected chi connectivity index (χ2v) is 3.32. The van der Waals surface area contributed by atoms with Crippen molar-refractivity contribution in [1.82, 2.24) is 0 Å². The molecule has 1 fully saturated rings. The van der Waals surface area contributed by atoms with Crippen LogP contribution in [0.15, 0.2) is 4.99 Å². The summed E-state index contributed by atoms with van der Waals surface area (Å²) in [6.07, 6.45) is 3.83. The smallest absolute Gasteiger partial charge is 0.328 e. The van der Waals surface area contributed by atoms with E-state index >= 15 is 0 Å². The molecule has 0 radical (unpaired) electrons. The number of carbonyl (C=O) groups is 1. The molecule has 0 aromatic carbocycles. The summed E-state index contributed by atoms with van der Waals surface area (Å²) < 4.78 is 4.72. The van der Waals surface area contributed by atoms with Crippen LogP contribution < -0.4 is 0 Å². The Morgan fingerprint density at radius 3 is 3.00 bits per heavy atom. The van der Waals surface area contributed by atoms with Crippen LogP contribution in [0.25, 0.3) is 0 Å². The molecule has 0 unspecified atom stereocenters. The third-order valence-electron chi connectivity index (χ3n) is 1.99. The van der Waals surface area contributed by atoms with Crippen LogP contribution in [0, 0.1) is 23.2 Å². The summed E-state index contributed by atoms with van der Waals surface area (Å²) in [6.45, 7) is 2.75. The van der Waals surface area contributed by atoms with Crippen LogP contribution in [0.1, 0.15) is 19.8 Å². The van der Waals surface area contributed by atoms with Gasteiger partial charge in [0.2, 0.25) is 0 Å². The molecular formula is C10H14N2O2. The fourth-order valence-corrected chi connectivity index (χ4v) is 0.995. The van der Waals surface area contributed by atoms with Gasteiger partial charge in [0, 0.05) is 12.8 Å². The Kier molecular flexibility index (Phi) is 4.11. The number of rotatable bonds is 5. The molecule has 0 amide bonds. The Morgan fingerprint density at radius 1 is 1.79 bits per heavy atom. The number of hydrogen-bond donors (Lipinski definition) is 0. The Morgan fingerprint density at radius 2 is 2.50 bits per heavy atom. The fourth-order valence-electron chi connectivity index (χ4n) is 0.995. The van der Waals surface area contributed by atoms with Gasteiger partial charge in [0.05, 0.1) is 12.7 Å². The molecule has 1 aliphatic carbocycles. The topological polar surface area (TPSA) is 62.5 Å². The average Bonchev–Trinajstić information content (AvgIpc) is 2.96. The highest BCUT2D eigenvalue weighted by Crippen LogP contribution is 2.28. The highest BCUT2D eigenvalue weighted by atomic mass is 16.5. The summed E-state index contributed by atoms with van der Waals surface area (Å²) in [6, 6.07) is 1.86. The molecule has 4 heteroatoms. The molecule has 0 spiro atoms. The molecule has 1 aliphatic rings. The second kappa shape index (κ2) is 5.38. The fraction of sp³-hybridized carbons (Fsp3) is 0.700. The molecule has 1 saturated carbocycles. The second-order valence-electron chi connectivity index (χ2n) is 3.32.